The van der Waals surface area contributed by atoms with Crippen LogP contribution in [-0.2, 0) is 0 Å². The van der Waals surface area contributed by atoms with Crippen LogP contribution in [0.1, 0.15) is 47.4 Å². The van der Waals surface area contributed by atoms with Crippen molar-refractivity contribution in [3.8, 4) is 5.75 Å². The van der Waals surface area contributed by atoms with Crippen LogP contribution in [0.15, 0.2) is 36.2 Å². The number of ether oxygens (including phenoxy) is 1. The van der Waals surface area contributed by atoms with E-state index in [4.69, 9.17) is 16.2 Å². The fraction of sp³-hybridized carbons (Fsp3) is 0.333. The Kier molecular flexibility index (Phi) is 4.77. The van der Waals surface area contributed by atoms with E-state index in [1.54, 1.807) is 26.2 Å². The lowest BCUT2D eigenvalue weighted by atomic mass is 10.0. The first-order valence-corrected chi connectivity index (χ1v) is 9.56. The van der Waals surface area contributed by atoms with Gasteiger partial charge < -0.3 is 26.4 Å². The van der Waals surface area contributed by atoms with E-state index in [1.807, 2.05) is 0 Å². The Morgan fingerprint density at radius 2 is 2.03 bits per heavy atom. The van der Waals surface area contributed by atoms with Crippen LogP contribution in [0, 0.1) is 5.82 Å². The number of aromatic nitrogens is 1. The number of fused-ring (bicyclic) bond motifs is 3. The van der Waals surface area contributed by atoms with Crippen molar-refractivity contribution < 1.29 is 13.9 Å². The number of nitrogens with zero attached hydrogens (tertiary/aromatic N) is 2. The number of nitrogen functional groups attached to an aromatic ring is 1. The molecule has 1 atom stereocenters. The van der Waals surface area contributed by atoms with Crippen LogP contribution >= 0.6 is 0 Å². The Bertz CT molecular complexity index is 1000. The molecule has 1 aromatic heterocycles. The smallest absolute Gasteiger partial charge is 0.254 e. The first-order valence-electron chi connectivity index (χ1n) is 9.56. The Balaban J connectivity index is 1.86. The summed E-state index contributed by atoms with van der Waals surface area (Å²) in [6.07, 6.45) is 3.14. The van der Waals surface area contributed by atoms with Gasteiger partial charge >= 0.3 is 0 Å². The number of carbonyl (C=O) groups is 1. The molecule has 8 heteroatoms. The second-order valence-corrected chi connectivity index (χ2v) is 7.58. The molecule has 1 saturated carbocycles. The maximum atomic E-state index is 13.9. The van der Waals surface area contributed by atoms with E-state index in [0.717, 1.165) is 24.1 Å². The maximum Gasteiger partial charge on any atom is 0.254 e. The third-order valence-corrected chi connectivity index (χ3v) is 5.16. The molecule has 0 unspecified atom stereocenters. The van der Waals surface area contributed by atoms with Gasteiger partial charge in [0.25, 0.3) is 5.91 Å². The molecule has 0 radical (unpaired) electrons. The fourth-order valence-electron chi connectivity index (χ4n) is 3.41. The quantitative estimate of drug-likeness (QED) is 0.719. The average Bonchev–Trinajstić information content (AvgIpc) is 3.50. The molecule has 2 aliphatic rings. The number of nitrogens with two attached hydrogens (primary N) is 2. The predicted molar refractivity (Wildman–Crippen MR) is 108 cm³/mol. The number of anilines is 1. The topological polar surface area (TPSA) is 106 Å². The van der Waals surface area contributed by atoms with Crippen molar-refractivity contribution in [1.29, 1.82) is 0 Å². The number of amides is 1. The second-order valence-electron chi connectivity index (χ2n) is 7.58. The molecule has 1 amide bonds. The van der Waals surface area contributed by atoms with E-state index in [0.29, 0.717) is 28.6 Å². The average molecular weight is 397 g/mol. The third-order valence-electron chi connectivity index (χ3n) is 5.16. The summed E-state index contributed by atoms with van der Waals surface area (Å²) in [7, 11) is 1.67. The number of nitrogens with one attached hydrogen (secondary N) is 1. The fourth-order valence-corrected chi connectivity index (χ4v) is 3.41. The largest absolute Gasteiger partial charge is 0.482 e. The van der Waals surface area contributed by atoms with Crippen molar-refractivity contribution in [2.45, 2.75) is 31.9 Å². The highest BCUT2D eigenvalue weighted by Crippen LogP contribution is 2.32. The van der Waals surface area contributed by atoms with Gasteiger partial charge in [0.15, 0.2) is 11.6 Å². The van der Waals surface area contributed by atoms with Crippen molar-refractivity contribution in [3.63, 3.8) is 0 Å². The van der Waals surface area contributed by atoms with Gasteiger partial charge in [-0.2, -0.15) is 0 Å². The molecule has 1 aliphatic heterocycles. The molecule has 5 N–H and O–H groups in total. The number of pyridine rings is 1. The minimum absolute atomic E-state index is 0.208. The molecule has 2 aromatic rings. The van der Waals surface area contributed by atoms with E-state index >= 15 is 0 Å². The number of rotatable bonds is 2. The first-order chi connectivity index (χ1) is 13.8. The van der Waals surface area contributed by atoms with Crippen LogP contribution in [-0.4, -0.2) is 35.4 Å². The Hall–Kier alpha value is -3.29. The van der Waals surface area contributed by atoms with E-state index in [1.165, 1.54) is 23.1 Å². The molecule has 1 aliphatic carbocycles. The SMILES string of the molecule is C[C@H]1Oc2cc(cnc2N)/C(NC2CC2)=C(/N)CN(C)C(=O)c2ccc(F)cc21. The van der Waals surface area contributed by atoms with Crippen LogP contribution in [0.4, 0.5) is 10.2 Å². The zero-order valence-electron chi connectivity index (χ0n) is 16.4. The molecule has 152 valence electrons. The van der Waals surface area contributed by atoms with Gasteiger partial charge in [-0.1, -0.05) is 0 Å². The highest BCUT2D eigenvalue weighted by molar-refractivity contribution is 5.96. The third kappa shape index (κ3) is 3.83. The summed E-state index contributed by atoms with van der Waals surface area (Å²) >= 11 is 0. The maximum absolute atomic E-state index is 13.9. The predicted octanol–water partition coefficient (Wildman–Crippen LogP) is 2.41. The first kappa shape index (κ1) is 19.0. The van der Waals surface area contributed by atoms with E-state index < -0.39 is 11.9 Å². The summed E-state index contributed by atoms with van der Waals surface area (Å²) in [6, 6.07) is 6.17. The van der Waals surface area contributed by atoms with E-state index in [-0.39, 0.29) is 18.3 Å². The Morgan fingerprint density at radius 1 is 1.28 bits per heavy atom. The lowest BCUT2D eigenvalue weighted by Crippen LogP contribution is -2.34. The van der Waals surface area contributed by atoms with Crippen molar-refractivity contribution >= 4 is 17.4 Å². The summed E-state index contributed by atoms with van der Waals surface area (Å²) in [4.78, 5) is 18.8. The lowest BCUT2D eigenvalue weighted by Gasteiger charge is -2.25. The highest BCUT2D eigenvalue weighted by Gasteiger charge is 2.27. The summed E-state index contributed by atoms with van der Waals surface area (Å²) in [5.41, 5.74) is 15.2. The van der Waals surface area contributed by atoms with Gasteiger partial charge in [0, 0.05) is 36.0 Å². The van der Waals surface area contributed by atoms with E-state index in [9.17, 15) is 9.18 Å². The minimum atomic E-state index is -0.613. The summed E-state index contributed by atoms with van der Waals surface area (Å²) < 4.78 is 19.9. The Labute approximate surface area is 168 Å². The molecule has 7 nitrogen and oxygen atoms in total. The molecule has 1 fully saturated rings. The van der Waals surface area contributed by atoms with Gasteiger partial charge in [-0.25, -0.2) is 9.37 Å². The molecule has 2 bridgehead atoms. The van der Waals surface area contributed by atoms with Gasteiger partial charge in [-0.05, 0) is 44.0 Å². The van der Waals surface area contributed by atoms with Crippen LogP contribution in [0.25, 0.3) is 5.70 Å². The summed E-state index contributed by atoms with van der Waals surface area (Å²) in [5, 5.41) is 3.43. The number of likely N-dealkylation sites (N-methyl/N-ethyl adjacent to an activating group) is 1. The molecule has 0 spiro atoms. The van der Waals surface area contributed by atoms with Crippen molar-refractivity contribution in [2.24, 2.45) is 5.73 Å². The van der Waals surface area contributed by atoms with Gasteiger partial charge in [-0.3, -0.25) is 4.79 Å². The van der Waals surface area contributed by atoms with Gasteiger partial charge in [0.1, 0.15) is 11.9 Å². The van der Waals surface area contributed by atoms with Crippen LogP contribution < -0.4 is 21.5 Å². The van der Waals surface area contributed by atoms with Crippen molar-refractivity contribution in [2.75, 3.05) is 19.3 Å². The van der Waals surface area contributed by atoms with E-state index in [2.05, 4.69) is 10.3 Å². The van der Waals surface area contributed by atoms with Crippen LogP contribution in [0.2, 0.25) is 0 Å². The zero-order chi connectivity index (χ0) is 20.7. The second kappa shape index (κ2) is 7.27. The number of halogens is 1. The molecule has 1 aromatic carbocycles. The number of benzene rings is 1. The summed E-state index contributed by atoms with van der Waals surface area (Å²) in [6.45, 7) is 1.96. The molecular weight excluding hydrogens is 373 g/mol. The van der Waals surface area contributed by atoms with Gasteiger partial charge in [0.2, 0.25) is 0 Å². The molecular formula is C21H24FN5O2. The molecule has 4 rings (SSSR count). The van der Waals surface area contributed by atoms with Crippen LogP contribution in [0.5, 0.6) is 5.75 Å². The van der Waals surface area contributed by atoms with Crippen molar-refractivity contribution in [3.05, 3.63) is 58.7 Å². The number of hydrogen-bond donors (Lipinski definition) is 3. The molecule has 29 heavy (non-hydrogen) atoms. The zero-order valence-corrected chi connectivity index (χ0v) is 16.4. The number of carbonyl (C=O) groups excluding carboxylic acids is 1. The summed E-state index contributed by atoms with van der Waals surface area (Å²) in [5.74, 6) is -0.144. The van der Waals surface area contributed by atoms with Crippen molar-refractivity contribution in [1.82, 2.24) is 15.2 Å². The molecule has 2 heterocycles. The minimum Gasteiger partial charge on any atom is -0.482 e. The standard InChI is InChI=1S/C21H24FN5O2/c1-11-16-8-13(22)3-6-15(16)21(28)27(2)10-17(23)19(26-14-4-5-14)12-7-18(29-11)20(24)25-9-12/h3,6-9,11,14,26H,4-5,10,23H2,1-2H3,(H2,24,25)/b19-17-/t11-/m1/s1. The van der Waals surface area contributed by atoms with Gasteiger partial charge in [0.05, 0.1) is 17.9 Å². The highest BCUT2D eigenvalue weighted by atomic mass is 19.1. The Morgan fingerprint density at radius 3 is 2.76 bits per heavy atom. The normalized spacial score (nSPS) is 22.2. The monoisotopic (exact) mass is 397 g/mol. The van der Waals surface area contributed by atoms with Gasteiger partial charge in [-0.15, -0.1) is 0 Å². The lowest BCUT2D eigenvalue weighted by molar-refractivity contribution is 0.0801. The number of hydrogen-bond acceptors (Lipinski definition) is 6. The van der Waals surface area contributed by atoms with Crippen LogP contribution in [0.3, 0.4) is 0 Å². The molecule has 0 saturated heterocycles.